The molecule has 0 heterocycles. The van der Waals surface area contributed by atoms with E-state index in [1.54, 1.807) is 13.2 Å². The molecule has 0 saturated carbocycles. The first kappa shape index (κ1) is 17.3. The van der Waals surface area contributed by atoms with Gasteiger partial charge in [-0.2, -0.15) is 0 Å². The summed E-state index contributed by atoms with van der Waals surface area (Å²) in [5.41, 5.74) is 0. The molecule has 0 fully saturated rings. The third-order valence-electron chi connectivity index (χ3n) is 2.95. The minimum Gasteiger partial charge on any atom is -0.497 e. The van der Waals surface area contributed by atoms with Gasteiger partial charge >= 0.3 is 0 Å². The van der Waals surface area contributed by atoms with Gasteiger partial charge in [0.25, 0.3) is 5.91 Å². The highest BCUT2D eigenvalue weighted by Gasteiger charge is 2.17. The topological polar surface area (TPSA) is 56.8 Å². The maximum absolute atomic E-state index is 12.1. The van der Waals surface area contributed by atoms with Crippen molar-refractivity contribution in [3.8, 4) is 11.5 Å². The Morgan fingerprint density at radius 2 is 2.05 bits per heavy atom. The summed E-state index contributed by atoms with van der Waals surface area (Å²) in [5.74, 6) is 1.24. The third-order valence-corrected chi connectivity index (χ3v) is 2.95. The Labute approximate surface area is 126 Å². The van der Waals surface area contributed by atoms with Crippen molar-refractivity contribution in [3.05, 3.63) is 24.3 Å². The van der Waals surface area contributed by atoms with E-state index in [0.717, 1.165) is 6.42 Å². The molecular formula is C16H25NO4. The molecule has 0 radical (unpaired) electrons. The summed E-state index contributed by atoms with van der Waals surface area (Å²) >= 11 is 0. The number of nitrogens with one attached hydrogen (secondary N) is 1. The maximum atomic E-state index is 12.1. The van der Waals surface area contributed by atoms with Crippen LogP contribution in [0.3, 0.4) is 0 Å². The second-order valence-corrected chi connectivity index (χ2v) is 4.54. The molecule has 1 aromatic carbocycles. The van der Waals surface area contributed by atoms with Crippen LogP contribution in [0.5, 0.6) is 11.5 Å². The van der Waals surface area contributed by atoms with Gasteiger partial charge in [0, 0.05) is 25.8 Å². The van der Waals surface area contributed by atoms with Gasteiger partial charge in [0.15, 0.2) is 6.10 Å². The van der Waals surface area contributed by atoms with Gasteiger partial charge in [-0.1, -0.05) is 13.0 Å². The first-order chi connectivity index (χ1) is 10.2. The fourth-order valence-corrected chi connectivity index (χ4v) is 1.81. The van der Waals surface area contributed by atoms with Crippen molar-refractivity contribution in [2.75, 3.05) is 26.9 Å². The van der Waals surface area contributed by atoms with Crippen LogP contribution in [-0.2, 0) is 9.53 Å². The van der Waals surface area contributed by atoms with E-state index in [4.69, 9.17) is 14.2 Å². The molecule has 0 saturated heterocycles. The second-order valence-electron chi connectivity index (χ2n) is 4.54. The van der Waals surface area contributed by atoms with Crippen LogP contribution in [0.2, 0.25) is 0 Å². The number of rotatable bonds is 10. The van der Waals surface area contributed by atoms with Gasteiger partial charge in [-0.25, -0.2) is 0 Å². The monoisotopic (exact) mass is 295 g/mol. The zero-order valence-electron chi connectivity index (χ0n) is 13.1. The average molecular weight is 295 g/mol. The Balaban J connectivity index is 2.43. The number of amides is 1. The lowest BCUT2D eigenvalue weighted by atomic mass is 10.2. The molecule has 5 heteroatoms. The quantitative estimate of drug-likeness (QED) is 0.673. The highest BCUT2D eigenvalue weighted by atomic mass is 16.5. The molecule has 0 spiro atoms. The van der Waals surface area contributed by atoms with Crippen LogP contribution in [0, 0.1) is 0 Å². The molecule has 0 aliphatic carbocycles. The van der Waals surface area contributed by atoms with Crippen molar-refractivity contribution in [1.29, 1.82) is 0 Å². The number of benzene rings is 1. The Kier molecular flexibility index (Phi) is 8.28. The highest BCUT2D eigenvalue weighted by Crippen LogP contribution is 2.20. The number of carbonyl (C=O) groups excluding carboxylic acids is 1. The highest BCUT2D eigenvalue weighted by molar-refractivity contribution is 5.81. The van der Waals surface area contributed by atoms with Crippen LogP contribution >= 0.6 is 0 Å². The lowest BCUT2D eigenvalue weighted by molar-refractivity contribution is -0.128. The lowest BCUT2D eigenvalue weighted by Gasteiger charge is -2.17. The minimum atomic E-state index is -0.496. The number of carbonyl (C=O) groups is 1. The summed E-state index contributed by atoms with van der Waals surface area (Å²) in [6.07, 6.45) is 0.910. The zero-order valence-corrected chi connectivity index (χ0v) is 13.1. The van der Waals surface area contributed by atoms with E-state index in [2.05, 4.69) is 5.32 Å². The maximum Gasteiger partial charge on any atom is 0.261 e. The van der Waals surface area contributed by atoms with E-state index in [1.165, 1.54) is 0 Å². The summed E-state index contributed by atoms with van der Waals surface area (Å²) in [4.78, 5) is 12.1. The predicted molar refractivity (Wildman–Crippen MR) is 81.8 cm³/mol. The predicted octanol–water partition coefficient (Wildman–Crippen LogP) is 2.40. The van der Waals surface area contributed by atoms with Gasteiger partial charge in [0.1, 0.15) is 11.5 Å². The van der Waals surface area contributed by atoms with E-state index in [1.807, 2.05) is 32.0 Å². The minimum absolute atomic E-state index is 0.100. The Bertz CT molecular complexity index is 422. The van der Waals surface area contributed by atoms with Crippen molar-refractivity contribution in [2.45, 2.75) is 32.8 Å². The SMILES string of the molecule is CCOCCCNC(=O)[C@H](CC)Oc1cccc(OC)c1. The molecule has 1 amide bonds. The Morgan fingerprint density at radius 3 is 2.71 bits per heavy atom. The van der Waals surface area contributed by atoms with Crippen LogP contribution in [0.15, 0.2) is 24.3 Å². The fourth-order valence-electron chi connectivity index (χ4n) is 1.81. The van der Waals surface area contributed by atoms with Gasteiger partial charge in [0.2, 0.25) is 0 Å². The molecular weight excluding hydrogens is 270 g/mol. The molecule has 1 N–H and O–H groups in total. The summed E-state index contributed by atoms with van der Waals surface area (Å²) in [5, 5.41) is 2.87. The summed E-state index contributed by atoms with van der Waals surface area (Å²) < 4.78 is 16.1. The third kappa shape index (κ3) is 6.49. The van der Waals surface area contributed by atoms with Crippen molar-refractivity contribution in [1.82, 2.24) is 5.32 Å². The molecule has 1 rings (SSSR count). The molecule has 0 bridgehead atoms. The standard InChI is InChI=1S/C16H25NO4/c1-4-15(16(18)17-10-7-11-20-5-2)21-14-9-6-8-13(12-14)19-3/h6,8-9,12,15H,4-5,7,10-11H2,1-3H3,(H,17,18)/t15-/m0/s1. The fraction of sp³-hybridized carbons (Fsp3) is 0.562. The largest absolute Gasteiger partial charge is 0.497 e. The Hall–Kier alpha value is -1.75. The van der Waals surface area contributed by atoms with E-state index >= 15 is 0 Å². The molecule has 0 aromatic heterocycles. The van der Waals surface area contributed by atoms with Crippen molar-refractivity contribution >= 4 is 5.91 Å². The van der Waals surface area contributed by atoms with Gasteiger partial charge in [-0.05, 0) is 31.9 Å². The smallest absolute Gasteiger partial charge is 0.261 e. The molecule has 1 atom stereocenters. The number of hydrogen-bond acceptors (Lipinski definition) is 4. The molecule has 5 nitrogen and oxygen atoms in total. The second kappa shape index (κ2) is 10.0. The first-order valence-electron chi connectivity index (χ1n) is 7.37. The Morgan fingerprint density at radius 1 is 1.29 bits per heavy atom. The van der Waals surface area contributed by atoms with E-state index < -0.39 is 6.10 Å². The summed E-state index contributed by atoms with van der Waals surface area (Å²) in [6.45, 7) is 5.82. The number of hydrogen-bond donors (Lipinski definition) is 1. The molecule has 21 heavy (non-hydrogen) atoms. The molecule has 1 aromatic rings. The normalized spacial score (nSPS) is 11.8. The number of methoxy groups -OCH3 is 1. The van der Waals surface area contributed by atoms with E-state index in [0.29, 0.717) is 37.7 Å². The van der Waals surface area contributed by atoms with E-state index in [9.17, 15) is 4.79 Å². The molecule has 118 valence electrons. The van der Waals surface area contributed by atoms with Crippen LogP contribution in [0.25, 0.3) is 0 Å². The molecule has 0 aliphatic heterocycles. The zero-order chi connectivity index (χ0) is 15.5. The first-order valence-corrected chi connectivity index (χ1v) is 7.37. The van der Waals surface area contributed by atoms with Crippen molar-refractivity contribution in [2.24, 2.45) is 0 Å². The lowest BCUT2D eigenvalue weighted by Crippen LogP contribution is -2.38. The average Bonchev–Trinajstić information content (AvgIpc) is 2.52. The van der Waals surface area contributed by atoms with Crippen LogP contribution in [-0.4, -0.2) is 38.9 Å². The number of ether oxygens (including phenoxy) is 3. The summed E-state index contributed by atoms with van der Waals surface area (Å²) in [7, 11) is 1.60. The van der Waals surface area contributed by atoms with Crippen molar-refractivity contribution in [3.63, 3.8) is 0 Å². The van der Waals surface area contributed by atoms with E-state index in [-0.39, 0.29) is 5.91 Å². The van der Waals surface area contributed by atoms with Gasteiger partial charge in [-0.3, -0.25) is 4.79 Å². The molecule has 0 unspecified atom stereocenters. The summed E-state index contributed by atoms with van der Waals surface area (Å²) in [6, 6.07) is 7.25. The van der Waals surface area contributed by atoms with Gasteiger partial charge in [0.05, 0.1) is 7.11 Å². The van der Waals surface area contributed by atoms with Crippen molar-refractivity contribution < 1.29 is 19.0 Å². The van der Waals surface area contributed by atoms with Crippen LogP contribution in [0.4, 0.5) is 0 Å². The van der Waals surface area contributed by atoms with Crippen LogP contribution < -0.4 is 14.8 Å². The van der Waals surface area contributed by atoms with Crippen LogP contribution in [0.1, 0.15) is 26.7 Å². The van der Waals surface area contributed by atoms with Gasteiger partial charge < -0.3 is 19.5 Å². The van der Waals surface area contributed by atoms with Gasteiger partial charge in [-0.15, -0.1) is 0 Å². The molecule has 0 aliphatic rings.